The topological polar surface area (TPSA) is 61.7 Å². The van der Waals surface area contributed by atoms with Gasteiger partial charge in [-0.2, -0.15) is 5.10 Å². The van der Waals surface area contributed by atoms with Gasteiger partial charge >= 0.3 is 0 Å². The molecular weight excluding hydrogens is 414 g/mol. The highest BCUT2D eigenvalue weighted by Gasteiger charge is 2.58. The largest absolute Gasteiger partial charge is 0.342 e. The molecule has 0 aliphatic carbocycles. The number of aromatic nitrogens is 2. The first kappa shape index (κ1) is 22.1. The minimum atomic E-state index is -0.109. The maximum atomic E-state index is 13.5. The summed E-state index contributed by atoms with van der Waals surface area (Å²) in [6.45, 7) is 10.3. The Morgan fingerprint density at radius 2 is 1.76 bits per heavy atom. The van der Waals surface area contributed by atoms with E-state index in [4.69, 9.17) is 0 Å². The molecule has 7 nitrogen and oxygen atoms in total. The second-order valence-electron chi connectivity index (χ2n) is 10.3. The number of hydrogen-bond donors (Lipinski definition) is 0. The highest BCUT2D eigenvalue weighted by atomic mass is 16.2. The Morgan fingerprint density at radius 1 is 1.03 bits per heavy atom. The van der Waals surface area contributed by atoms with E-state index in [9.17, 15) is 9.59 Å². The smallest absolute Gasteiger partial charge is 0.227 e. The van der Waals surface area contributed by atoms with Gasteiger partial charge in [-0.15, -0.1) is 0 Å². The molecule has 1 aromatic carbocycles. The fourth-order valence-electron chi connectivity index (χ4n) is 6.00. The Labute approximate surface area is 196 Å². The molecule has 3 aliphatic heterocycles. The number of likely N-dealkylation sites (tertiary alicyclic amines) is 3. The van der Waals surface area contributed by atoms with Crippen molar-refractivity contribution in [2.45, 2.75) is 46.2 Å². The monoisotopic (exact) mass is 449 g/mol. The van der Waals surface area contributed by atoms with E-state index in [2.05, 4.69) is 39.2 Å². The van der Waals surface area contributed by atoms with Crippen molar-refractivity contribution < 1.29 is 9.59 Å². The third-order valence-electron chi connectivity index (χ3n) is 7.69. The zero-order chi connectivity index (χ0) is 23.0. The number of nitrogens with zero attached hydrogens (tertiary/aromatic N) is 5. The maximum Gasteiger partial charge on any atom is 0.227 e. The van der Waals surface area contributed by atoms with Crippen LogP contribution in [0.5, 0.6) is 0 Å². The van der Waals surface area contributed by atoms with Gasteiger partial charge in [-0.25, -0.2) is 0 Å². The minimum Gasteiger partial charge on any atom is -0.342 e. The van der Waals surface area contributed by atoms with Crippen LogP contribution < -0.4 is 0 Å². The van der Waals surface area contributed by atoms with Gasteiger partial charge in [0.05, 0.1) is 11.6 Å². The molecule has 3 saturated heterocycles. The Bertz CT molecular complexity index is 1000. The first-order valence-electron chi connectivity index (χ1n) is 12.3. The van der Waals surface area contributed by atoms with Gasteiger partial charge in [0.25, 0.3) is 0 Å². The van der Waals surface area contributed by atoms with E-state index in [-0.39, 0.29) is 17.2 Å². The molecule has 176 valence electrons. The van der Waals surface area contributed by atoms with E-state index in [0.29, 0.717) is 32.0 Å². The van der Waals surface area contributed by atoms with Gasteiger partial charge in [0.1, 0.15) is 0 Å². The van der Waals surface area contributed by atoms with Crippen LogP contribution in [0.3, 0.4) is 0 Å². The van der Waals surface area contributed by atoms with Crippen LogP contribution in [0.25, 0.3) is 0 Å². The van der Waals surface area contributed by atoms with Crippen molar-refractivity contribution in [2.24, 2.45) is 11.3 Å². The van der Waals surface area contributed by atoms with Crippen molar-refractivity contribution in [3.05, 3.63) is 53.3 Å². The molecule has 3 aliphatic rings. The van der Waals surface area contributed by atoms with E-state index < -0.39 is 0 Å². The first-order valence-corrected chi connectivity index (χ1v) is 12.3. The van der Waals surface area contributed by atoms with Crippen molar-refractivity contribution in [2.75, 3.05) is 39.3 Å². The third-order valence-corrected chi connectivity index (χ3v) is 7.69. The Balaban J connectivity index is 1.24. The number of carbonyl (C=O) groups is 2. The molecule has 33 heavy (non-hydrogen) atoms. The molecule has 1 aromatic heterocycles. The molecule has 0 bridgehead atoms. The second-order valence-corrected chi connectivity index (χ2v) is 10.3. The molecule has 3 fully saturated rings. The highest BCUT2D eigenvalue weighted by molar-refractivity contribution is 5.82. The molecule has 2 aromatic rings. The maximum absolute atomic E-state index is 13.5. The third kappa shape index (κ3) is 4.43. The van der Waals surface area contributed by atoms with Crippen LogP contribution in [0, 0.1) is 25.2 Å². The second kappa shape index (κ2) is 8.93. The minimum absolute atomic E-state index is 0.0145. The molecule has 0 saturated carbocycles. The van der Waals surface area contributed by atoms with Crippen LogP contribution in [0.1, 0.15) is 36.2 Å². The van der Waals surface area contributed by atoms with Gasteiger partial charge in [-0.3, -0.25) is 19.2 Å². The summed E-state index contributed by atoms with van der Waals surface area (Å²) in [6, 6.07) is 12.5. The van der Waals surface area contributed by atoms with Crippen LogP contribution in [0.4, 0.5) is 0 Å². The van der Waals surface area contributed by atoms with E-state index in [1.165, 1.54) is 5.56 Å². The number of carbonyl (C=O) groups excluding carboxylic acids is 2. The highest BCUT2D eigenvalue weighted by Crippen LogP contribution is 2.45. The zero-order valence-corrected chi connectivity index (χ0v) is 19.9. The summed E-state index contributed by atoms with van der Waals surface area (Å²) >= 11 is 0. The number of rotatable bonds is 6. The van der Waals surface area contributed by atoms with Crippen molar-refractivity contribution in [3.63, 3.8) is 0 Å². The standard InChI is InChI=1S/C26H35N5O2/c1-20-14-21(2)31(27-20)13-10-24(32)30-18-26(19-30)17-28(15-22-8-4-3-5-9-22)16-23(26)25(33)29-11-6-7-12-29/h3-5,8-9,14,23H,6-7,10-13,15-19H2,1-2H3. The lowest BCUT2D eigenvalue weighted by molar-refractivity contribution is -0.153. The first-order chi connectivity index (χ1) is 15.9. The number of aryl methyl sites for hydroxylation is 3. The average molecular weight is 450 g/mol. The predicted octanol–water partition coefficient (Wildman–Crippen LogP) is 2.47. The summed E-state index contributed by atoms with van der Waals surface area (Å²) in [5.41, 5.74) is 3.24. The van der Waals surface area contributed by atoms with Crippen LogP contribution in [0.15, 0.2) is 36.4 Å². The van der Waals surface area contributed by atoms with Gasteiger partial charge in [-0.1, -0.05) is 30.3 Å². The van der Waals surface area contributed by atoms with E-state index in [1.54, 1.807) is 0 Å². The van der Waals surface area contributed by atoms with Crippen molar-refractivity contribution in [1.29, 1.82) is 0 Å². The van der Waals surface area contributed by atoms with Gasteiger partial charge in [0.2, 0.25) is 11.8 Å². The molecule has 5 rings (SSSR count). The fourth-order valence-corrected chi connectivity index (χ4v) is 6.00. The van der Waals surface area contributed by atoms with E-state index in [1.807, 2.05) is 35.6 Å². The fraction of sp³-hybridized carbons (Fsp3) is 0.577. The summed E-state index contributed by atoms with van der Waals surface area (Å²) in [5.74, 6) is 0.458. The molecule has 1 unspecified atom stereocenters. The molecule has 1 atom stereocenters. The normalized spacial score (nSPS) is 22.2. The number of hydrogen-bond acceptors (Lipinski definition) is 4. The Kier molecular flexibility index (Phi) is 5.99. The SMILES string of the molecule is Cc1cc(C)n(CCC(=O)N2CC3(CN(Cc4ccccc4)CC3C(=O)N3CCCC3)C2)n1. The van der Waals surface area contributed by atoms with E-state index in [0.717, 1.165) is 57.0 Å². The lowest BCUT2D eigenvalue weighted by atomic mass is 9.71. The molecule has 7 heteroatoms. The molecule has 0 radical (unpaired) electrons. The molecule has 1 spiro atoms. The van der Waals surface area contributed by atoms with E-state index >= 15 is 0 Å². The molecule has 0 N–H and O–H groups in total. The lowest BCUT2D eigenvalue weighted by Crippen LogP contribution is -2.64. The van der Waals surface area contributed by atoms with Crippen LogP contribution in [-0.4, -0.2) is 75.6 Å². The summed E-state index contributed by atoms with van der Waals surface area (Å²) in [7, 11) is 0. The summed E-state index contributed by atoms with van der Waals surface area (Å²) in [4.78, 5) is 32.8. The predicted molar refractivity (Wildman–Crippen MR) is 126 cm³/mol. The van der Waals surface area contributed by atoms with Crippen LogP contribution in [-0.2, 0) is 22.7 Å². The number of amides is 2. The average Bonchev–Trinajstić information content (AvgIpc) is 3.50. The van der Waals surface area contributed by atoms with Crippen molar-refractivity contribution in [3.8, 4) is 0 Å². The van der Waals surface area contributed by atoms with Gasteiger partial charge in [-0.05, 0) is 38.3 Å². The van der Waals surface area contributed by atoms with Gasteiger partial charge in [0, 0.05) is 69.9 Å². The summed E-state index contributed by atoms with van der Waals surface area (Å²) in [6.07, 6.45) is 2.67. The summed E-state index contributed by atoms with van der Waals surface area (Å²) < 4.78 is 1.92. The van der Waals surface area contributed by atoms with Gasteiger partial charge < -0.3 is 9.80 Å². The zero-order valence-electron chi connectivity index (χ0n) is 19.9. The van der Waals surface area contributed by atoms with Crippen LogP contribution in [0.2, 0.25) is 0 Å². The Morgan fingerprint density at radius 3 is 2.42 bits per heavy atom. The summed E-state index contributed by atoms with van der Waals surface area (Å²) in [5, 5.41) is 4.47. The van der Waals surface area contributed by atoms with Gasteiger partial charge in [0.15, 0.2) is 0 Å². The number of benzene rings is 1. The molecular formula is C26H35N5O2. The van der Waals surface area contributed by atoms with Crippen molar-refractivity contribution in [1.82, 2.24) is 24.5 Å². The molecule has 2 amide bonds. The quantitative estimate of drug-likeness (QED) is 0.680. The Hall–Kier alpha value is -2.67. The van der Waals surface area contributed by atoms with Crippen molar-refractivity contribution >= 4 is 11.8 Å². The molecule has 4 heterocycles. The lowest BCUT2D eigenvalue weighted by Gasteiger charge is -2.51. The van der Waals surface area contributed by atoms with Crippen LogP contribution >= 0.6 is 0 Å².